The zero-order valence-corrected chi connectivity index (χ0v) is 11.4. The first-order valence-corrected chi connectivity index (χ1v) is 7.44. The zero-order chi connectivity index (χ0) is 12.4. The minimum atomic E-state index is 0.703. The molecule has 1 heterocycles. The summed E-state index contributed by atoms with van der Waals surface area (Å²) in [7, 11) is 0. The fourth-order valence-corrected chi connectivity index (χ4v) is 2.99. The number of hydrogen-bond donors (Lipinski definition) is 1. The molecule has 0 bridgehead atoms. The van der Waals surface area contributed by atoms with Crippen molar-refractivity contribution in [1.82, 2.24) is 5.32 Å². The highest BCUT2D eigenvalue weighted by Crippen LogP contribution is 2.35. The summed E-state index contributed by atoms with van der Waals surface area (Å²) in [6.45, 7) is 5.72. The summed E-state index contributed by atoms with van der Waals surface area (Å²) < 4.78 is 0. The molecule has 1 aromatic rings. The molecule has 18 heavy (non-hydrogen) atoms. The Kier molecular flexibility index (Phi) is 3.55. The normalized spacial score (nSPS) is 23.6. The third-order valence-electron chi connectivity index (χ3n) is 4.28. The van der Waals surface area contributed by atoms with E-state index in [1.807, 2.05) is 0 Å². The second-order valence-corrected chi connectivity index (χ2v) is 5.75. The zero-order valence-electron chi connectivity index (χ0n) is 11.4. The van der Waals surface area contributed by atoms with E-state index in [0.29, 0.717) is 6.04 Å². The Hall–Kier alpha value is -1.02. The predicted octanol–water partition coefficient (Wildman–Crippen LogP) is 3.17. The Bertz CT molecular complexity index is 398. The van der Waals surface area contributed by atoms with Gasteiger partial charge in [-0.1, -0.05) is 31.5 Å². The molecular formula is C16H24N2. The maximum absolute atomic E-state index is 3.76. The summed E-state index contributed by atoms with van der Waals surface area (Å²) in [6, 6.07) is 9.61. The molecule has 1 N–H and O–H groups in total. The van der Waals surface area contributed by atoms with Crippen molar-refractivity contribution in [2.45, 2.75) is 45.2 Å². The second kappa shape index (κ2) is 5.31. The Labute approximate surface area is 110 Å². The van der Waals surface area contributed by atoms with Crippen LogP contribution in [0.1, 0.15) is 38.2 Å². The number of rotatable bonds is 4. The maximum Gasteiger partial charge on any atom is 0.0412 e. The average Bonchev–Trinajstić information content (AvgIpc) is 3.23. The number of unbranched alkanes of at least 4 members (excludes halogenated alkanes) is 1. The van der Waals surface area contributed by atoms with Crippen molar-refractivity contribution < 1.29 is 0 Å². The molecule has 1 aliphatic carbocycles. The van der Waals surface area contributed by atoms with Crippen LogP contribution in [-0.4, -0.2) is 19.1 Å². The van der Waals surface area contributed by atoms with Gasteiger partial charge in [0, 0.05) is 31.4 Å². The number of fused-ring (bicyclic) bond motifs is 1. The smallest absolute Gasteiger partial charge is 0.0412 e. The van der Waals surface area contributed by atoms with Gasteiger partial charge in [-0.3, -0.25) is 0 Å². The van der Waals surface area contributed by atoms with Crippen LogP contribution >= 0.6 is 0 Å². The molecule has 0 aromatic heterocycles. The molecule has 0 radical (unpaired) electrons. The van der Waals surface area contributed by atoms with E-state index >= 15 is 0 Å². The van der Waals surface area contributed by atoms with Crippen LogP contribution in [0, 0.1) is 5.92 Å². The third kappa shape index (κ3) is 2.54. The van der Waals surface area contributed by atoms with Crippen LogP contribution in [0.25, 0.3) is 0 Å². The van der Waals surface area contributed by atoms with Gasteiger partial charge in [0.25, 0.3) is 0 Å². The first kappa shape index (κ1) is 12.0. The van der Waals surface area contributed by atoms with Crippen LogP contribution in [0.5, 0.6) is 0 Å². The van der Waals surface area contributed by atoms with E-state index in [1.54, 1.807) is 0 Å². The van der Waals surface area contributed by atoms with Gasteiger partial charge in [-0.05, 0) is 36.8 Å². The van der Waals surface area contributed by atoms with Gasteiger partial charge < -0.3 is 10.2 Å². The molecule has 1 atom stereocenters. The third-order valence-corrected chi connectivity index (χ3v) is 4.28. The van der Waals surface area contributed by atoms with Gasteiger partial charge in [-0.2, -0.15) is 0 Å². The Morgan fingerprint density at radius 1 is 1.28 bits per heavy atom. The molecule has 0 saturated heterocycles. The van der Waals surface area contributed by atoms with E-state index in [0.717, 1.165) is 12.5 Å². The van der Waals surface area contributed by atoms with Crippen LogP contribution in [0.2, 0.25) is 0 Å². The van der Waals surface area contributed by atoms with Crippen LogP contribution in [0.4, 0.5) is 5.69 Å². The van der Waals surface area contributed by atoms with E-state index in [9.17, 15) is 0 Å². The van der Waals surface area contributed by atoms with Gasteiger partial charge in [-0.25, -0.2) is 0 Å². The highest BCUT2D eigenvalue weighted by molar-refractivity contribution is 5.54. The molecule has 2 heteroatoms. The molecule has 0 amide bonds. The van der Waals surface area contributed by atoms with Gasteiger partial charge in [0.2, 0.25) is 0 Å². The molecule has 2 nitrogen and oxygen atoms in total. The average molecular weight is 244 g/mol. The Morgan fingerprint density at radius 2 is 2.11 bits per heavy atom. The number of benzene rings is 1. The Morgan fingerprint density at radius 3 is 2.89 bits per heavy atom. The molecule has 1 aliphatic heterocycles. The molecule has 1 aromatic carbocycles. The summed E-state index contributed by atoms with van der Waals surface area (Å²) in [4.78, 5) is 2.61. The van der Waals surface area contributed by atoms with E-state index in [4.69, 9.17) is 0 Å². The van der Waals surface area contributed by atoms with Gasteiger partial charge >= 0.3 is 0 Å². The largest absolute Gasteiger partial charge is 0.370 e. The number of anilines is 1. The highest BCUT2D eigenvalue weighted by atomic mass is 15.2. The lowest BCUT2D eigenvalue weighted by Gasteiger charge is -2.27. The fraction of sp³-hybridized carbons (Fsp3) is 0.625. The van der Waals surface area contributed by atoms with E-state index in [-0.39, 0.29) is 0 Å². The SMILES string of the molecule is CCCCN1CC(C2CC2)NCc2ccccc21. The topological polar surface area (TPSA) is 15.3 Å². The summed E-state index contributed by atoms with van der Waals surface area (Å²) in [5, 5.41) is 3.76. The maximum atomic E-state index is 3.76. The summed E-state index contributed by atoms with van der Waals surface area (Å²) in [6.07, 6.45) is 5.43. The van der Waals surface area contributed by atoms with Crippen LogP contribution in [0.3, 0.4) is 0 Å². The van der Waals surface area contributed by atoms with Gasteiger partial charge in [-0.15, -0.1) is 0 Å². The van der Waals surface area contributed by atoms with Gasteiger partial charge in [0.05, 0.1) is 0 Å². The second-order valence-electron chi connectivity index (χ2n) is 5.75. The molecule has 98 valence electrons. The summed E-state index contributed by atoms with van der Waals surface area (Å²) >= 11 is 0. The van der Waals surface area contributed by atoms with Gasteiger partial charge in [0.15, 0.2) is 0 Å². The monoisotopic (exact) mass is 244 g/mol. The minimum absolute atomic E-state index is 0.703. The molecular weight excluding hydrogens is 220 g/mol. The quantitative estimate of drug-likeness (QED) is 0.875. The van der Waals surface area contributed by atoms with E-state index < -0.39 is 0 Å². The van der Waals surface area contributed by atoms with Crippen molar-refractivity contribution in [3.05, 3.63) is 29.8 Å². The van der Waals surface area contributed by atoms with Crippen molar-refractivity contribution in [3.63, 3.8) is 0 Å². The molecule has 2 aliphatic rings. The summed E-state index contributed by atoms with van der Waals surface area (Å²) in [5.74, 6) is 0.934. The number of nitrogens with zero attached hydrogens (tertiary/aromatic N) is 1. The minimum Gasteiger partial charge on any atom is -0.370 e. The molecule has 3 rings (SSSR count). The lowest BCUT2D eigenvalue weighted by Crippen LogP contribution is -2.40. The number of hydrogen-bond acceptors (Lipinski definition) is 2. The Balaban J connectivity index is 1.81. The first-order valence-electron chi connectivity index (χ1n) is 7.44. The lowest BCUT2D eigenvalue weighted by molar-refractivity contribution is 0.466. The van der Waals surface area contributed by atoms with Crippen LogP contribution in [0.15, 0.2) is 24.3 Å². The van der Waals surface area contributed by atoms with Crippen molar-refractivity contribution in [1.29, 1.82) is 0 Å². The molecule has 1 unspecified atom stereocenters. The van der Waals surface area contributed by atoms with Crippen molar-refractivity contribution in [2.75, 3.05) is 18.0 Å². The van der Waals surface area contributed by atoms with Crippen molar-refractivity contribution in [2.24, 2.45) is 5.92 Å². The van der Waals surface area contributed by atoms with E-state index in [2.05, 4.69) is 41.4 Å². The summed E-state index contributed by atoms with van der Waals surface area (Å²) in [5.41, 5.74) is 2.93. The van der Waals surface area contributed by atoms with Gasteiger partial charge in [0.1, 0.15) is 0 Å². The van der Waals surface area contributed by atoms with Crippen LogP contribution in [-0.2, 0) is 6.54 Å². The highest BCUT2D eigenvalue weighted by Gasteiger charge is 2.33. The van der Waals surface area contributed by atoms with Crippen molar-refractivity contribution in [3.8, 4) is 0 Å². The first-order chi connectivity index (χ1) is 8.88. The van der Waals surface area contributed by atoms with Crippen molar-refractivity contribution >= 4 is 5.69 Å². The molecule has 1 saturated carbocycles. The number of nitrogens with one attached hydrogen (secondary N) is 1. The molecule has 1 fully saturated rings. The lowest BCUT2D eigenvalue weighted by atomic mass is 10.1. The molecule has 0 spiro atoms. The van der Waals surface area contributed by atoms with Crippen LogP contribution < -0.4 is 10.2 Å². The van der Waals surface area contributed by atoms with E-state index in [1.165, 1.54) is 50.0 Å². The predicted molar refractivity (Wildman–Crippen MR) is 76.9 cm³/mol. The standard InChI is InChI=1S/C16H24N2/c1-2-3-10-18-12-15(13-8-9-13)17-11-14-6-4-5-7-16(14)18/h4-7,13,15,17H,2-3,8-12H2,1H3. The fourth-order valence-electron chi connectivity index (χ4n) is 2.99. The number of para-hydroxylation sites is 1.